The first-order valence-electron chi connectivity index (χ1n) is 8.33. The molecule has 1 amide bonds. The number of ether oxygens (including phenoxy) is 1. The number of carbonyl (C=O) groups excluding carboxylic acids is 1. The van der Waals surface area contributed by atoms with Crippen LogP contribution in [0.3, 0.4) is 0 Å². The molecule has 1 saturated heterocycles. The average molecular weight is 430 g/mol. The average Bonchev–Trinajstić information content (AvgIpc) is 2.58. The number of carboxylic acid groups (broad SMARTS) is 1. The Morgan fingerprint density at radius 3 is 2.17 bits per heavy atom. The summed E-state index contributed by atoms with van der Waals surface area (Å²) in [4.78, 5) is 22.1. The van der Waals surface area contributed by atoms with Gasteiger partial charge in [0, 0.05) is 18.6 Å². The number of benzene rings is 1. The first kappa shape index (κ1) is 24.5. The Morgan fingerprint density at radius 1 is 1.14 bits per heavy atom. The zero-order valence-electron chi connectivity index (χ0n) is 15.1. The molecule has 1 aromatic rings. The zero-order chi connectivity index (χ0) is 22.3. The zero-order valence-corrected chi connectivity index (χ0v) is 15.1. The van der Waals surface area contributed by atoms with Crippen molar-refractivity contribution in [2.24, 2.45) is 5.73 Å². The summed E-state index contributed by atoms with van der Waals surface area (Å²) < 4.78 is 74.6. The number of aliphatic carboxylic acids is 1. The minimum absolute atomic E-state index is 0.0903. The number of alkyl halides is 6. The number of carboxylic acids is 1. The quantitative estimate of drug-likeness (QED) is 0.714. The fraction of sp³-hybridized carbons (Fsp3) is 0.529. The highest BCUT2D eigenvalue weighted by Gasteiger charge is 2.43. The van der Waals surface area contributed by atoms with Gasteiger partial charge in [-0.15, -0.1) is 0 Å². The molecule has 0 bridgehead atoms. The van der Waals surface area contributed by atoms with E-state index in [9.17, 15) is 31.1 Å². The van der Waals surface area contributed by atoms with Crippen LogP contribution in [0.4, 0.5) is 31.1 Å². The molecule has 0 spiro atoms. The standard InChI is InChI=1S/C15H19F3N2O2.C2HF3O2/c16-15(17,18)10-14(19)7-4-8-20(11-14)13(21)22-9-12-5-2-1-3-6-12;3-2(4,5)1(6)7/h1-3,5-6H,4,7-11,19H2;(H,6,7). The summed E-state index contributed by atoms with van der Waals surface area (Å²) in [5.74, 6) is -2.76. The largest absolute Gasteiger partial charge is 0.490 e. The highest BCUT2D eigenvalue weighted by molar-refractivity contribution is 5.73. The van der Waals surface area contributed by atoms with Gasteiger partial charge in [-0.3, -0.25) is 0 Å². The van der Waals surface area contributed by atoms with Gasteiger partial charge < -0.3 is 20.5 Å². The van der Waals surface area contributed by atoms with Gasteiger partial charge in [-0.2, -0.15) is 26.3 Å². The molecule has 1 heterocycles. The van der Waals surface area contributed by atoms with E-state index in [1.165, 1.54) is 4.90 Å². The Bertz CT molecular complexity index is 681. The maximum absolute atomic E-state index is 12.6. The van der Waals surface area contributed by atoms with Crippen LogP contribution in [0.15, 0.2) is 30.3 Å². The minimum atomic E-state index is -5.08. The molecule has 1 aromatic carbocycles. The number of hydrogen-bond donors (Lipinski definition) is 2. The second-order valence-corrected chi connectivity index (χ2v) is 6.52. The van der Waals surface area contributed by atoms with E-state index in [4.69, 9.17) is 20.4 Å². The lowest BCUT2D eigenvalue weighted by molar-refractivity contribution is -0.192. The minimum Gasteiger partial charge on any atom is -0.475 e. The van der Waals surface area contributed by atoms with Crippen LogP contribution in [-0.4, -0.2) is 53.1 Å². The molecule has 1 aliphatic heterocycles. The molecule has 12 heteroatoms. The summed E-state index contributed by atoms with van der Waals surface area (Å²) in [6.07, 6.45) is -10.5. The maximum atomic E-state index is 12.6. The number of carbonyl (C=O) groups is 2. The van der Waals surface area contributed by atoms with Gasteiger partial charge >= 0.3 is 24.4 Å². The third-order valence-corrected chi connectivity index (χ3v) is 3.87. The van der Waals surface area contributed by atoms with Gasteiger partial charge in [-0.25, -0.2) is 9.59 Å². The number of hydrogen-bond acceptors (Lipinski definition) is 4. The van der Waals surface area contributed by atoms with Crippen molar-refractivity contribution in [2.45, 2.75) is 43.8 Å². The summed E-state index contributed by atoms with van der Waals surface area (Å²) >= 11 is 0. The number of piperidine rings is 1. The van der Waals surface area contributed by atoms with Gasteiger partial charge in [-0.05, 0) is 18.4 Å². The van der Waals surface area contributed by atoms with E-state index in [0.717, 1.165) is 5.56 Å². The van der Waals surface area contributed by atoms with Crippen LogP contribution < -0.4 is 5.73 Å². The van der Waals surface area contributed by atoms with Gasteiger partial charge in [0.15, 0.2) is 0 Å². The molecule has 1 atom stereocenters. The van der Waals surface area contributed by atoms with Crippen LogP contribution in [0.2, 0.25) is 0 Å². The maximum Gasteiger partial charge on any atom is 0.490 e. The van der Waals surface area contributed by atoms with Gasteiger partial charge in [0.25, 0.3) is 0 Å². The molecular weight excluding hydrogens is 410 g/mol. The Kier molecular flexibility index (Phi) is 8.30. The van der Waals surface area contributed by atoms with Gasteiger partial charge in [-0.1, -0.05) is 30.3 Å². The summed E-state index contributed by atoms with van der Waals surface area (Å²) in [6.45, 7) is 0.317. The number of likely N-dealkylation sites (tertiary alicyclic amines) is 1. The van der Waals surface area contributed by atoms with Gasteiger partial charge in [0.05, 0.1) is 6.42 Å². The number of amides is 1. The lowest BCUT2D eigenvalue weighted by Gasteiger charge is -2.40. The lowest BCUT2D eigenvalue weighted by atomic mass is 9.87. The van der Waals surface area contributed by atoms with E-state index >= 15 is 0 Å². The molecule has 0 aliphatic carbocycles. The highest BCUT2D eigenvalue weighted by Crippen LogP contribution is 2.32. The Labute approximate surface area is 162 Å². The molecular formula is C17H20F6N2O4. The highest BCUT2D eigenvalue weighted by atomic mass is 19.4. The van der Waals surface area contributed by atoms with Crippen molar-refractivity contribution in [2.75, 3.05) is 13.1 Å². The number of rotatable bonds is 3. The first-order valence-corrected chi connectivity index (χ1v) is 8.33. The molecule has 0 aromatic heterocycles. The van der Waals surface area contributed by atoms with Crippen molar-refractivity contribution in [1.29, 1.82) is 0 Å². The molecule has 1 unspecified atom stereocenters. The van der Waals surface area contributed by atoms with E-state index in [1.807, 2.05) is 18.2 Å². The second-order valence-electron chi connectivity index (χ2n) is 6.52. The van der Waals surface area contributed by atoms with E-state index < -0.39 is 36.4 Å². The van der Waals surface area contributed by atoms with Crippen molar-refractivity contribution < 1.29 is 45.8 Å². The van der Waals surface area contributed by atoms with E-state index in [0.29, 0.717) is 13.0 Å². The van der Waals surface area contributed by atoms with E-state index in [1.54, 1.807) is 12.1 Å². The monoisotopic (exact) mass is 430 g/mol. The Hall–Kier alpha value is -2.50. The smallest absolute Gasteiger partial charge is 0.475 e. The molecule has 0 radical (unpaired) electrons. The molecule has 3 N–H and O–H groups in total. The third-order valence-electron chi connectivity index (χ3n) is 3.87. The number of halogens is 6. The van der Waals surface area contributed by atoms with Crippen LogP contribution >= 0.6 is 0 Å². The lowest BCUT2D eigenvalue weighted by Crippen LogP contribution is -2.57. The van der Waals surface area contributed by atoms with Crippen LogP contribution in [-0.2, 0) is 16.1 Å². The van der Waals surface area contributed by atoms with Gasteiger partial charge in [0.2, 0.25) is 0 Å². The third kappa shape index (κ3) is 9.50. The summed E-state index contributed by atoms with van der Waals surface area (Å²) in [7, 11) is 0. The SMILES string of the molecule is NC1(CC(F)(F)F)CCCN(C(=O)OCc2ccccc2)C1.O=C(O)C(F)(F)F. The Balaban J connectivity index is 0.000000516. The second kappa shape index (κ2) is 9.81. The van der Waals surface area contributed by atoms with Crippen molar-refractivity contribution in [3.05, 3.63) is 35.9 Å². The fourth-order valence-corrected chi connectivity index (χ4v) is 2.67. The topological polar surface area (TPSA) is 92.9 Å². The Morgan fingerprint density at radius 2 is 1.69 bits per heavy atom. The molecule has 29 heavy (non-hydrogen) atoms. The van der Waals surface area contributed by atoms with E-state index in [-0.39, 0.29) is 19.6 Å². The van der Waals surface area contributed by atoms with Crippen LogP contribution in [0.5, 0.6) is 0 Å². The fourth-order valence-electron chi connectivity index (χ4n) is 2.67. The predicted molar refractivity (Wildman–Crippen MR) is 88.7 cm³/mol. The number of nitrogens with zero attached hydrogens (tertiary/aromatic N) is 1. The molecule has 2 rings (SSSR count). The first-order chi connectivity index (χ1) is 13.2. The van der Waals surface area contributed by atoms with Crippen LogP contribution in [0.25, 0.3) is 0 Å². The molecule has 164 valence electrons. The number of nitrogens with two attached hydrogens (primary N) is 1. The van der Waals surface area contributed by atoms with Crippen LogP contribution in [0, 0.1) is 0 Å². The summed E-state index contributed by atoms with van der Waals surface area (Å²) in [5, 5.41) is 7.12. The molecule has 0 saturated carbocycles. The van der Waals surface area contributed by atoms with Gasteiger partial charge in [0.1, 0.15) is 6.61 Å². The molecule has 6 nitrogen and oxygen atoms in total. The van der Waals surface area contributed by atoms with Crippen molar-refractivity contribution in [1.82, 2.24) is 4.90 Å². The van der Waals surface area contributed by atoms with E-state index in [2.05, 4.69) is 0 Å². The molecule has 1 aliphatic rings. The normalized spacial score (nSPS) is 19.8. The summed E-state index contributed by atoms with van der Waals surface area (Å²) in [5.41, 5.74) is 5.20. The van der Waals surface area contributed by atoms with Crippen LogP contribution in [0.1, 0.15) is 24.8 Å². The van der Waals surface area contributed by atoms with Crippen molar-refractivity contribution >= 4 is 12.1 Å². The van der Waals surface area contributed by atoms with Crippen molar-refractivity contribution in [3.63, 3.8) is 0 Å². The molecule has 1 fully saturated rings. The predicted octanol–water partition coefficient (Wildman–Crippen LogP) is 3.70. The summed E-state index contributed by atoms with van der Waals surface area (Å²) in [6, 6.07) is 9.09. The van der Waals surface area contributed by atoms with Crippen molar-refractivity contribution in [3.8, 4) is 0 Å².